The SMILES string of the molecule is C[C@@H]1Cc2cc(C=Nc3ccc4[nH]c(=O)[nH]c4c3)ccc2O1. The number of nitrogens with zero attached hydrogens (tertiary/aromatic N) is 1. The van der Waals surface area contributed by atoms with Crippen LogP contribution < -0.4 is 10.4 Å². The number of nitrogens with one attached hydrogen (secondary N) is 2. The molecule has 0 saturated carbocycles. The van der Waals surface area contributed by atoms with Crippen molar-refractivity contribution >= 4 is 22.9 Å². The van der Waals surface area contributed by atoms with Crippen LogP contribution in [0.1, 0.15) is 18.1 Å². The van der Waals surface area contributed by atoms with E-state index in [0.717, 1.165) is 34.5 Å². The van der Waals surface area contributed by atoms with Crippen molar-refractivity contribution in [1.29, 1.82) is 0 Å². The normalized spacial score (nSPS) is 17.0. The van der Waals surface area contributed by atoms with Crippen molar-refractivity contribution in [2.75, 3.05) is 0 Å². The van der Waals surface area contributed by atoms with Gasteiger partial charge in [0, 0.05) is 12.6 Å². The monoisotopic (exact) mass is 293 g/mol. The summed E-state index contributed by atoms with van der Waals surface area (Å²) in [6, 6.07) is 11.7. The highest BCUT2D eigenvalue weighted by atomic mass is 16.5. The van der Waals surface area contributed by atoms with Gasteiger partial charge in [-0.2, -0.15) is 0 Å². The number of hydrogen-bond acceptors (Lipinski definition) is 3. The summed E-state index contributed by atoms with van der Waals surface area (Å²) in [4.78, 5) is 21.2. The smallest absolute Gasteiger partial charge is 0.323 e. The maximum atomic E-state index is 11.3. The zero-order valence-electron chi connectivity index (χ0n) is 12.1. The Bertz CT molecular complexity index is 936. The first kappa shape index (κ1) is 12.9. The number of aliphatic imine (C=N–C) groups is 1. The third-order valence-electron chi connectivity index (χ3n) is 3.78. The molecule has 110 valence electrons. The summed E-state index contributed by atoms with van der Waals surface area (Å²) >= 11 is 0. The average Bonchev–Trinajstić information content (AvgIpc) is 3.04. The molecule has 1 aliphatic rings. The molecule has 4 rings (SSSR count). The number of fused-ring (bicyclic) bond motifs is 2. The van der Waals surface area contributed by atoms with Crippen molar-refractivity contribution in [3.05, 3.63) is 58.0 Å². The minimum absolute atomic E-state index is 0.205. The lowest BCUT2D eigenvalue weighted by Crippen LogP contribution is -2.05. The second kappa shape index (κ2) is 4.87. The van der Waals surface area contributed by atoms with Crippen LogP contribution in [0, 0.1) is 0 Å². The van der Waals surface area contributed by atoms with Crippen LogP contribution >= 0.6 is 0 Å². The van der Waals surface area contributed by atoms with E-state index in [1.54, 1.807) is 0 Å². The Balaban J connectivity index is 1.63. The number of benzene rings is 2. The zero-order chi connectivity index (χ0) is 15.1. The molecule has 0 aliphatic carbocycles. The molecular weight excluding hydrogens is 278 g/mol. The van der Waals surface area contributed by atoms with Crippen molar-refractivity contribution in [3.8, 4) is 5.75 Å². The van der Waals surface area contributed by atoms with Crippen LogP contribution in [-0.4, -0.2) is 22.3 Å². The highest BCUT2D eigenvalue weighted by Gasteiger charge is 2.18. The standard InChI is InChI=1S/C17H15N3O2/c1-10-6-12-7-11(2-5-16(12)22-10)9-18-13-3-4-14-15(8-13)20-17(21)19-14/h2-5,7-10H,6H2,1H3,(H2,19,20,21)/t10-/m1/s1. The Hall–Kier alpha value is -2.82. The Labute approximate surface area is 126 Å². The molecule has 0 saturated heterocycles. The Morgan fingerprint density at radius 3 is 2.95 bits per heavy atom. The molecule has 3 aromatic rings. The van der Waals surface area contributed by atoms with Gasteiger partial charge in [0.05, 0.1) is 16.7 Å². The predicted octanol–water partition coefficient (Wildman–Crippen LogP) is 2.93. The van der Waals surface area contributed by atoms with E-state index in [9.17, 15) is 4.79 Å². The average molecular weight is 293 g/mol. The fraction of sp³-hybridized carbons (Fsp3) is 0.176. The molecule has 1 aromatic heterocycles. The van der Waals surface area contributed by atoms with Gasteiger partial charge in [0.15, 0.2) is 0 Å². The summed E-state index contributed by atoms with van der Waals surface area (Å²) in [6.07, 6.45) is 3.01. The molecule has 0 spiro atoms. The summed E-state index contributed by atoms with van der Waals surface area (Å²) in [6.45, 7) is 2.07. The lowest BCUT2D eigenvalue weighted by molar-refractivity contribution is 0.254. The van der Waals surface area contributed by atoms with Crippen molar-refractivity contribution in [2.45, 2.75) is 19.4 Å². The van der Waals surface area contributed by atoms with Gasteiger partial charge in [-0.15, -0.1) is 0 Å². The number of ether oxygens (including phenoxy) is 1. The molecule has 2 N–H and O–H groups in total. The molecular formula is C17H15N3O2. The Morgan fingerprint density at radius 1 is 1.18 bits per heavy atom. The first-order valence-corrected chi connectivity index (χ1v) is 7.23. The van der Waals surface area contributed by atoms with Crippen LogP contribution in [0.4, 0.5) is 5.69 Å². The highest BCUT2D eigenvalue weighted by Crippen LogP contribution is 2.29. The van der Waals surface area contributed by atoms with Gasteiger partial charge in [-0.3, -0.25) is 4.99 Å². The number of rotatable bonds is 2. The minimum atomic E-state index is -0.205. The van der Waals surface area contributed by atoms with E-state index in [0.29, 0.717) is 0 Å². The molecule has 0 unspecified atom stereocenters. The lowest BCUT2D eigenvalue weighted by Gasteiger charge is -2.01. The van der Waals surface area contributed by atoms with Gasteiger partial charge in [0.1, 0.15) is 11.9 Å². The molecule has 2 heterocycles. The van der Waals surface area contributed by atoms with Crippen LogP contribution in [0.2, 0.25) is 0 Å². The van der Waals surface area contributed by atoms with Crippen LogP contribution in [0.3, 0.4) is 0 Å². The summed E-state index contributed by atoms with van der Waals surface area (Å²) in [5, 5.41) is 0. The number of aromatic amines is 2. The Kier molecular flexibility index (Phi) is 2.85. The maximum Gasteiger partial charge on any atom is 0.323 e. The molecule has 5 heteroatoms. The van der Waals surface area contributed by atoms with Crippen LogP contribution in [0.25, 0.3) is 11.0 Å². The predicted molar refractivity (Wildman–Crippen MR) is 86.4 cm³/mol. The number of imidazole rings is 1. The van der Waals surface area contributed by atoms with E-state index in [-0.39, 0.29) is 11.8 Å². The lowest BCUT2D eigenvalue weighted by atomic mass is 10.1. The summed E-state index contributed by atoms with van der Waals surface area (Å²) in [5.41, 5.74) is 4.40. The highest BCUT2D eigenvalue weighted by molar-refractivity contribution is 5.85. The van der Waals surface area contributed by atoms with Gasteiger partial charge in [-0.05, 0) is 54.4 Å². The van der Waals surface area contributed by atoms with Crippen LogP contribution in [0.5, 0.6) is 5.75 Å². The van der Waals surface area contributed by atoms with E-state index < -0.39 is 0 Å². The zero-order valence-corrected chi connectivity index (χ0v) is 12.1. The Morgan fingerprint density at radius 2 is 2.05 bits per heavy atom. The van der Waals surface area contributed by atoms with Gasteiger partial charge < -0.3 is 14.7 Å². The van der Waals surface area contributed by atoms with Crippen LogP contribution in [-0.2, 0) is 6.42 Å². The van der Waals surface area contributed by atoms with E-state index in [2.05, 4.69) is 28.0 Å². The quantitative estimate of drug-likeness (QED) is 0.713. The second-order valence-electron chi connectivity index (χ2n) is 5.57. The van der Waals surface area contributed by atoms with Crippen molar-refractivity contribution in [2.24, 2.45) is 4.99 Å². The van der Waals surface area contributed by atoms with Crippen LogP contribution in [0.15, 0.2) is 46.2 Å². The molecule has 0 radical (unpaired) electrons. The summed E-state index contributed by atoms with van der Waals surface area (Å²) in [5.74, 6) is 0.968. The molecule has 0 amide bonds. The third-order valence-corrected chi connectivity index (χ3v) is 3.78. The van der Waals surface area contributed by atoms with Crippen molar-refractivity contribution < 1.29 is 4.74 Å². The van der Waals surface area contributed by atoms with Gasteiger partial charge >= 0.3 is 5.69 Å². The molecule has 0 bridgehead atoms. The fourth-order valence-corrected chi connectivity index (χ4v) is 2.77. The van der Waals surface area contributed by atoms with Crippen molar-refractivity contribution in [3.63, 3.8) is 0 Å². The fourth-order valence-electron chi connectivity index (χ4n) is 2.77. The molecule has 1 atom stereocenters. The van der Waals surface area contributed by atoms with Gasteiger partial charge in [-0.25, -0.2) is 4.79 Å². The first-order valence-electron chi connectivity index (χ1n) is 7.23. The molecule has 2 aromatic carbocycles. The largest absolute Gasteiger partial charge is 0.490 e. The maximum absolute atomic E-state index is 11.3. The topological polar surface area (TPSA) is 70.2 Å². The van der Waals surface area contributed by atoms with Gasteiger partial charge in [-0.1, -0.05) is 0 Å². The molecule has 1 aliphatic heterocycles. The van der Waals surface area contributed by atoms with Gasteiger partial charge in [0.25, 0.3) is 0 Å². The third kappa shape index (κ3) is 2.30. The van der Waals surface area contributed by atoms with E-state index >= 15 is 0 Å². The van der Waals surface area contributed by atoms with Crippen molar-refractivity contribution in [1.82, 2.24) is 9.97 Å². The molecule has 0 fully saturated rings. The number of H-pyrrole nitrogens is 2. The summed E-state index contributed by atoms with van der Waals surface area (Å²) in [7, 11) is 0. The summed E-state index contributed by atoms with van der Waals surface area (Å²) < 4.78 is 5.69. The van der Waals surface area contributed by atoms with E-state index in [1.165, 1.54) is 5.56 Å². The van der Waals surface area contributed by atoms with Gasteiger partial charge in [0.2, 0.25) is 0 Å². The second-order valence-corrected chi connectivity index (χ2v) is 5.57. The first-order chi connectivity index (χ1) is 10.7. The number of hydrogen-bond donors (Lipinski definition) is 2. The van der Waals surface area contributed by atoms with E-state index in [1.807, 2.05) is 36.5 Å². The molecule has 22 heavy (non-hydrogen) atoms. The molecule has 5 nitrogen and oxygen atoms in total. The van der Waals surface area contributed by atoms with E-state index in [4.69, 9.17) is 4.74 Å². The number of aromatic nitrogens is 2. The minimum Gasteiger partial charge on any atom is -0.490 e.